The molecule has 1 aromatic heterocycles. The molecule has 1 atom stereocenters. The lowest BCUT2D eigenvalue weighted by Crippen LogP contribution is -2.24. The molecule has 0 amide bonds. The number of aliphatic hydroxyl groups is 1. The van der Waals surface area contributed by atoms with Gasteiger partial charge in [-0.15, -0.1) is 6.42 Å². The fraction of sp³-hybridized carbons (Fsp3) is 0.250. The maximum absolute atomic E-state index is 9.23. The molecule has 1 unspecified atom stereocenters. The third kappa shape index (κ3) is 3.40. The summed E-state index contributed by atoms with van der Waals surface area (Å²) in [6.45, 7) is 7.44. The van der Waals surface area contributed by atoms with Crippen LogP contribution in [0.15, 0.2) is 36.7 Å². The summed E-state index contributed by atoms with van der Waals surface area (Å²) < 4.78 is 0. The van der Waals surface area contributed by atoms with Crippen molar-refractivity contribution in [2.45, 2.75) is 26.3 Å². The van der Waals surface area contributed by atoms with Crippen molar-refractivity contribution in [1.82, 2.24) is 4.98 Å². The molecule has 0 aliphatic heterocycles. The van der Waals surface area contributed by atoms with Crippen LogP contribution in [-0.4, -0.2) is 16.1 Å². The molecule has 3 heteroatoms. The van der Waals surface area contributed by atoms with Gasteiger partial charge in [0.1, 0.15) is 5.76 Å². The van der Waals surface area contributed by atoms with Crippen molar-refractivity contribution >= 4 is 10.9 Å². The van der Waals surface area contributed by atoms with E-state index in [-0.39, 0.29) is 5.76 Å². The Kier molecular flexibility index (Phi) is 5.23. The minimum absolute atomic E-state index is 0.00699. The SMILES string of the molecule is C#Cc1ccc2[nH]cc(CC(N)C(=C)O)c2c1.CC. The highest BCUT2D eigenvalue weighted by Crippen LogP contribution is 2.21. The summed E-state index contributed by atoms with van der Waals surface area (Å²) in [7, 11) is 0. The van der Waals surface area contributed by atoms with E-state index in [0.29, 0.717) is 6.42 Å². The van der Waals surface area contributed by atoms with Crippen molar-refractivity contribution in [2.24, 2.45) is 5.73 Å². The van der Waals surface area contributed by atoms with E-state index in [2.05, 4.69) is 17.5 Å². The average molecular weight is 256 g/mol. The molecular formula is C16H20N2O. The van der Waals surface area contributed by atoms with Gasteiger partial charge in [-0.3, -0.25) is 0 Å². The second-order valence-corrected chi connectivity index (χ2v) is 4.02. The minimum atomic E-state index is -0.455. The van der Waals surface area contributed by atoms with E-state index in [1.807, 2.05) is 38.2 Å². The third-order valence-electron chi connectivity index (χ3n) is 2.80. The van der Waals surface area contributed by atoms with Crippen LogP contribution in [0.2, 0.25) is 0 Å². The van der Waals surface area contributed by atoms with Gasteiger partial charge in [0.25, 0.3) is 0 Å². The number of hydrogen-bond donors (Lipinski definition) is 3. The predicted octanol–water partition coefficient (Wildman–Crippen LogP) is 3.12. The van der Waals surface area contributed by atoms with Gasteiger partial charge >= 0.3 is 0 Å². The fourth-order valence-corrected chi connectivity index (χ4v) is 1.79. The standard InChI is InChI=1S/C14H14N2O.C2H6/c1-3-10-4-5-14-12(6-10)11(8-16-14)7-13(15)9(2)17;1-2/h1,4-6,8,13,16-17H,2,7,15H2;1-2H3. The van der Waals surface area contributed by atoms with Gasteiger partial charge in [0, 0.05) is 22.7 Å². The van der Waals surface area contributed by atoms with Crippen LogP contribution in [0.3, 0.4) is 0 Å². The molecule has 0 fully saturated rings. The number of nitrogens with two attached hydrogens (primary N) is 1. The van der Waals surface area contributed by atoms with E-state index in [1.54, 1.807) is 0 Å². The Hall–Kier alpha value is -2.18. The number of benzene rings is 1. The first-order chi connectivity index (χ1) is 9.11. The lowest BCUT2D eigenvalue weighted by atomic mass is 10.0. The molecule has 0 aliphatic rings. The Morgan fingerprint density at radius 2 is 2.21 bits per heavy atom. The molecule has 2 rings (SSSR count). The largest absolute Gasteiger partial charge is 0.511 e. The molecule has 1 aromatic carbocycles. The van der Waals surface area contributed by atoms with Crippen LogP contribution in [0.25, 0.3) is 10.9 Å². The van der Waals surface area contributed by atoms with Gasteiger partial charge in [0.15, 0.2) is 0 Å². The highest BCUT2D eigenvalue weighted by atomic mass is 16.3. The van der Waals surface area contributed by atoms with E-state index in [0.717, 1.165) is 22.0 Å². The molecule has 0 saturated carbocycles. The lowest BCUT2D eigenvalue weighted by molar-refractivity contribution is 0.369. The second kappa shape index (κ2) is 6.67. The summed E-state index contributed by atoms with van der Waals surface area (Å²) in [5, 5.41) is 10.3. The highest BCUT2D eigenvalue weighted by molar-refractivity contribution is 5.84. The van der Waals surface area contributed by atoms with Gasteiger partial charge in [-0.2, -0.15) is 0 Å². The summed E-state index contributed by atoms with van der Waals surface area (Å²) in [5.74, 6) is 2.59. The van der Waals surface area contributed by atoms with Gasteiger partial charge in [-0.1, -0.05) is 26.3 Å². The zero-order chi connectivity index (χ0) is 14.4. The van der Waals surface area contributed by atoms with Crippen molar-refractivity contribution in [3.63, 3.8) is 0 Å². The molecular weight excluding hydrogens is 236 g/mol. The molecule has 0 spiro atoms. The number of H-pyrrole nitrogens is 1. The monoisotopic (exact) mass is 256 g/mol. The van der Waals surface area contributed by atoms with E-state index in [4.69, 9.17) is 12.2 Å². The first-order valence-corrected chi connectivity index (χ1v) is 6.32. The van der Waals surface area contributed by atoms with Crippen LogP contribution in [0, 0.1) is 12.3 Å². The molecule has 1 heterocycles. The van der Waals surface area contributed by atoms with Crippen LogP contribution in [0.5, 0.6) is 0 Å². The summed E-state index contributed by atoms with van der Waals surface area (Å²) in [6.07, 6.45) is 7.78. The van der Waals surface area contributed by atoms with Crippen LogP contribution in [-0.2, 0) is 6.42 Å². The molecule has 0 aliphatic carbocycles. The Morgan fingerprint density at radius 1 is 1.53 bits per heavy atom. The van der Waals surface area contributed by atoms with Crippen molar-refractivity contribution in [1.29, 1.82) is 0 Å². The van der Waals surface area contributed by atoms with Crippen molar-refractivity contribution in [3.8, 4) is 12.3 Å². The van der Waals surface area contributed by atoms with Crippen molar-refractivity contribution < 1.29 is 5.11 Å². The topological polar surface area (TPSA) is 62.0 Å². The normalized spacial score (nSPS) is 11.3. The third-order valence-corrected chi connectivity index (χ3v) is 2.80. The summed E-state index contributed by atoms with van der Waals surface area (Å²) in [4.78, 5) is 3.15. The molecule has 0 saturated heterocycles. The van der Waals surface area contributed by atoms with E-state index in [1.165, 1.54) is 0 Å². The Balaban J connectivity index is 0.000000861. The Morgan fingerprint density at radius 3 is 2.79 bits per heavy atom. The minimum Gasteiger partial charge on any atom is -0.511 e. The molecule has 100 valence electrons. The number of aliphatic hydroxyl groups excluding tert-OH is 1. The molecule has 3 nitrogen and oxygen atoms in total. The number of hydrogen-bond acceptors (Lipinski definition) is 2. The van der Waals surface area contributed by atoms with Crippen LogP contribution < -0.4 is 5.73 Å². The van der Waals surface area contributed by atoms with E-state index >= 15 is 0 Å². The van der Waals surface area contributed by atoms with Gasteiger partial charge in [-0.25, -0.2) is 0 Å². The van der Waals surface area contributed by atoms with Crippen LogP contribution in [0.1, 0.15) is 25.0 Å². The first kappa shape index (κ1) is 14.9. The number of rotatable bonds is 3. The number of nitrogens with one attached hydrogen (secondary N) is 1. The number of fused-ring (bicyclic) bond motifs is 1. The molecule has 4 N–H and O–H groups in total. The number of aromatic nitrogens is 1. The number of terminal acetylenes is 1. The molecule has 0 radical (unpaired) electrons. The Bertz CT molecular complexity index is 605. The quantitative estimate of drug-likeness (QED) is 0.583. The van der Waals surface area contributed by atoms with Crippen LogP contribution in [0.4, 0.5) is 0 Å². The zero-order valence-electron chi connectivity index (χ0n) is 11.4. The van der Waals surface area contributed by atoms with Crippen molar-refractivity contribution in [2.75, 3.05) is 0 Å². The molecule has 0 bridgehead atoms. The van der Waals surface area contributed by atoms with Gasteiger partial charge in [0.2, 0.25) is 0 Å². The average Bonchev–Trinajstić information content (AvgIpc) is 2.83. The maximum Gasteiger partial charge on any atom is 0.102 e. The molecule has 2 aromatic rings. The lowest BCUT2D eigenvalue weighted by Gasteiger charge is -2.08. The van der Waals surface area contributed by atoms with Gasteiger partial charge in [0.05, 0.1) is 6.04 Å². The molecule has 19 heavy (non-hydrogen) atoms. The fourth-order valence-electron chi connectivity index (χ4n) is 1.79. The summed E-state index contributed by atoms with van der Waals surface area (Å²) in [6, 6.07) is 5.30. The van der Waals surface area contributed by atoms with Crippen molar-refractivity contribution in [3.05, 3.63) is 47.9 Å². The Labute approximate surface area is 114 Å². The van der Waals surface area contributed by atoms with Gasteiger partial charge < -0.3 is 15.8 Å². The maximum atomic E-state index is 9.23. The summed E-state index contributed by atoms with van der Waals surface area (Å²) in [5.41, 5.74) is 8.63. The highest BCUT2D eigenvalue weighted by Gasteiger charge is 2.11. The first-order valence-electron chi connectivity index (χ1n) is 6.32. The van der Waals surface area contributed by atoms with E-state index in [9.17, 15) is 5.11 Å². The smallest absolute Gasteiger partial charge is 0.102 e. The second-order valence-electron chi connectivity index (χ2n) is 4.02. The van der Waals surface area contributed by atoms with E-state index < -0.39 is 6.04 Å². The van der Waals surface area contributed by atoms with Crippen LogP contribution >= 0.6 is 0 Å². The number of aromatic amines is 1. The zero-order valence-corrected chi connectivity index (χ0v) is 11.4. The summed E-state index contributed by atoms with van der Waals surface area (Å²) >= 11 is 0. The van der Waals surface area contributed by atoms with Gasteiger partial charge in [-0.05, 0) is 30.2 Å². The predicted molar refractivity (Wildman–Crippen MR) is 81.0 cm³/mol.